The lowest BCUT2D eigenvalue weighted by molar-refractivity contribution is -0.125. The number of aromatic nitrogens is 3. The van der Waals surface area contributed by atoms with Gasteiger partial charge in [-0.2, -0.15) is 5.10 Å². The van der Waals surface area contributed by atoms with E-state index >= 15 is 0 Å². The van der Waals surface area contributed by atoms with Crippen LogP contribution in [0.1, 0.15) is 96.1 Å². The average Bonchev–Trinajstić information content (AvgIpc) is 3.66. The molecule has 0 radical (unpaired) electrons. The van der Waals surface area contributed by atoms with Gasteiger partial charge in [0.2, 0.25) is 5.91 Å². The third kappa shape index (κ3) is 7.83. The molecule has 11 heteroatoms. The van der Waals surface area contributed by atoms with Gasteiger partial charge >= 0.3 is 6.09 Å². The Labute approximate surface area is 314 Å². The van der Waals surface area contributed by atoms with Crippen LogP contribution in [0.15, 0.2) is 48.9 Å². The molecule has 3 heterocycles. The van der Waals surface area contributed by atoms with Gasteiger partial charge in [-0.15, -0.1) is 0 Å². The molecule has 0 unspecified atom stereocenters. The van der Waals surface area contributed by atoms with E-state index in [1.165, 1.54) is 11.1 Å². The van der Waals surface area contributed by atoms with Gasteiger partial charge in [0.05, 0.1) is 51.3 Å². The van der Waals surface area contributed by atoms with E-state index in [-0.39, 0.29) is 59.7 Å². The van der Waals surface area contributed by atoms with E-state index in [2.05, 4.69) is 63.3 Å². The Balaban J connectivity index is 1.06. The highest BCUT2D eigenvalue weighted by Gasteiger charge is 2.51. The number of rotatable bonds is 11. The highest BCUT2D eigenvalue weighted by Crippen LogP contribution is 2.58. The number of hydrogen-bond donors (Lipinski definition) is 1. The lowest BCUT2D eigenvalue weighted by Crippen LogP contribution is -2.55. The molecule has 11 nitrogen and oxygen atoms in total. The average molecular weight is 728 g/mol. The van der Waals surface area contributed by atoms with Crippen LogP contribution in [0.5, 0.6) is 5.75 Å². The number of hydrogen-bond acceptors (Lipinski definition) is 8. The van der Waals surface area contributed by atoms with Crippen molar-refractivity contribution >= 4 is 17.8 Å². The number of aryl methyl sites for hydroxylation is 1. The van der Waals surface area contributed by atoms with Crippen LogP contribution in [-0.4, -0.2) is 88.9 Å². The summed E-state index contributed by atoms with van der Waals surface area (Å²) < 4.78 is 18.9. The van der Waals surface area contributed by atoms with Crippen molar-refractivity contribution in [2.45, 2.75) is 115 Å². The van der Waals surface area contributed by atoms with Gasteiger partial charge in [-0.1, -0.05) is 12.1 Å². The van der Waals surface area contributed by atoms with Crippen LogP contribution in [0.3, 0.4) is 0 Å². The number of methoxy groups -OCH3 is 1. The van der Waals surface area contributed by atoms with Gasteiger partial charge in [-0.25, -0.2) is 9.78 Å². The first kappa shape index (κ1) is 37.4. The van der Waals surface area contributed by atoms with E-state index in [1.54, 1.807) is 12.0 Å². The maximum atomic E-state index is 14.7. The lowest BCUT2D eigenvalue weighted by Gasteiger charge is -2.55. The van der Waals surface area contributed by atoms with E-state index < -0.39 is 0 Å². The Kier molecular flexibility index (Phi) is 10.6. The highest BCUT2D eigenvalue weighted by molar-refractivity contribution is 5.95. The second-order valence-corrected chi connectivity index (χ2v) is 17.1. The number of benzene rings is 1. The molecule has 2 amide bonds. The number of aliphatic hydroxyl groups excluding tert-OH is 1. The molecule has 1 N–H and O–H groups in total. The van der Waals surface area contributed by atoms with Crippen LogP contribution in [-0.2, 0) is 25.2 Å². The molecule has 286 valence electrons. The Hall–Kier alpha value is -3.96. The topological polar surface area (TPSA) is 119 Å². The van der Waals surface area contributed by atoms with Crippen molar-refractivity contribution < 1.29 is 28.9 Å². The monoisotopic (exact) mass is 727 g/mol. The van der Waals surface area contributed by atoms with Gasteiger partial charge in [0.25, 0.3) is 0 Å². The Morgan fingerprint density at radius 2 is 1.68 bits per heavy atom. The fraction of sp³-hybridized carbons (Fsp3) is 0.619. The Morgan fingerprint density at radius 3 is 2.30 bits per heavy atom. The first-order valence-corrected chi connectivity index (χ1v) is 19.6. The van der Waals surface area contributed by atoms with Crippen LogP contribution in [0.25, 0.3) is 11.1 Å². The summed E-state index contributed by atoms with van der Waals surface area (Å²) in [5.41, 5.74) is 4.67. The summed E-state index contributed by atoms with van der Waals surface area (Å²) in [4.78, 5) is 36.0. The maximum Gasteiger partial charge on any atom is 0.410 e. The number of aliphatic hydroxyl groups is 1. The van der Waals surface area contributed by atoms with Crippen LogP contribution in [0.2, 0.25) is 0 Å². The first-order valence-electron chi connectivity index (χ1n) is 19.6. The summed E-state index contributed by atoms with van der Waals surface area (Å²) in [5.74, 6) is 1.59. The molecule has 1 aromatic carbocycles. The number of ether oxygens (including phenoxy) is 3. The van der Waals surface area contributed by atoms with Crippen molar-refractivity contribution in [3.63, 3.8) is 0 Å². The number of anilines is 1. The Morgan fingerprint density at radius 1 is 0.962 bits per heavy atom. The number of fused-ring (bicyclic) bond motifs is 3. The fourth-order valence-corrected chi connectivity index (χ4v) is 9.11. The number of likely N-dealkylation sites (tertiary alicyclic amines) is 1. The summed E-state index contributed by atoms with van der Waals surface area (Å²) in [6, 6.07) is 10.8. The molecule has 5 fully saturated rings. The molecule has 4 saturated carbocycles. The third-order valence-electron chi connectivity index (χ3n) is 12.6. The van der Waals surface area contributed by atoms with Gasteiger partial charge in [0.15, 0.2) is 0 Å². The smallest absolute Gasteiger partial charge is 0.410 e. The predicted molar refractivity (Wildman–Crippen MR) is 203 cm³/mol. The van der Waals surface area contributed by atoms with E-state index in [4.69, 9.17) is 24.3 Å². The summed E-state index contributed by atoms with van der Waals surface area (Å²) in [5, 5.41) is 13.6. The summed E-state index contributed by atoms with van der Waals surface area (Å²) in [6.45, 7) is 10.4. The zero-order valence-electron chi connectivity index (χ0n) is 32.2. The third-order valence-corrected chi connectivity index (χ3v) is 12.6. The van der Waals surface area contributed by atoms with Gasteiger partial charge in [-0.3, -0.25) is 14.4 Å². The standard InChI is InChI=1S/C42H57N5O6/c1-29-22-33(8-11-36(29)51-5)42-16-13-41(14-17-42,15-18-42)28-46(37-23-31(12-19-43-37)32-24-44-47(25-32)40(2,3)4)38(49)30-6-9-34(10-7-30)53-39(50)45-26-35(27-45)52-21-20-48/h8,11-12,19,22-25,30,34-35,48H,6-7,9-10,13-18,20-21,26-28H2,1-5H3/t30-,34-,41?,42?. The second kappa shape index (κ2) is 15.1. The molecule has 53 heavy (non-hydrogen) atoms. The zero-order valence-corrected chi connectivity index (χ0v) is 32.2. The largest absolute Gasteiger partial charge is 0.496 e. The van der Waals surface area contributed by atoms with Gasteiger partial charge < -0.3 is 24.2 Å². The number of carbonyl (C=O) groups is 2. The van der Waals surface area contributed by atoms with Crippen LogP contribution in [0, 0.1) is 18.3 Å². The number of amides is 2. The summed E-state index contributed by atoms with van der Waals surface area (Å²) >= 11 is 0. The number of carbonyl (C=O) groups excluding carboxylic acids is 2. The van der Waals surface area contributed by atoms with Gasteiger partial charge in [0.1, 0.15) is 17.7 Å². The summed E-state index contributed by atoms with van der Waals surface area (Å²) in [7, 11) is 1.73. The van der Waals surface area contributed by atoms with Gasteiger partial charge in [-0.05, 0) is 138 Å². The van der Waals surface area contributed by atoms with E-state index in [0.29, 0.717) is 51.1 Å². The minimum Gasteiger partial charge on any atom is -0.496 e. The SMILES string of the molecule is COc1ccc(C23CCC(CN(c4cc(-c5cnn(C(C)(C)C)c5)ccn4)C(=O)[C@H]4CC[C@H](OC(=O)N5CC(OCCO)C5)CC4)(CC2)CC3)cc1C. The molecule has 2 bridgehead atoms. The van der Waals surface area contributed by atoms with Crippen LogP contribution < -0.4 is 9.64 Å². The van der Waals surface area contributed by atoms with Crippen molar-refractivity contribution in [2.24, 2.45) is 11.3 Å². The number of nitrogens with zero attached hydrogens (tertiary/aromatic N) is 5. The van der Waals surface area contributed by atoms with Gasteiger partial charge in [0, 0.05) is 30.4 Å². The molecular formula is C42H57N5O6. The number of pyridine rings is 1. The molecule has 5 aliphatic rings. The second-order valence-electron chi connectivity index (χ2n) is 17.1. The van der Waals surface area contributed by atoms with Crippen LogP contribution in [0.4, 0.5) is 10.6 Å². The predicted octanol–water partition coefficient (Wildman–Crippen LogP) is 7.03. The van der Waals surface area contributed by atoms with Crippen molar-refractivity contribution in [3.05, 3.63) is 60.0 Å². The van der Waals surface area contributed by atoms with E-state index in [9.17, 15) is 9.59 Å². The highest BCUT2D eigenvalue weighted by atomic mass is 16.6. The normalized spacial score (nSPS) is 25.9. The molecular weight excluding hydrogens is 670 g/mol. The van der Waals surface area contributed by atoms with Crippen molar-refractivity contribution in [1.29, 1.82) is 0 Å². The fourth-order valence-electron chi connectivity index (χ4n) is 9.11. The Bertz CT molecular complexity index is 1740. The lowest BCUT2D eigenvalue weighted by atomic mass is 9.51. The zero-order chi connectivity index (χ0) is 37.4. The molecule has 0 atom stereocenters. The quantitative estimate of drug-likeness (QED) is 0.224. The molecule has 0 spiro atoms. The minimum absolute atomic E-state index is 0.0308. The molecule has 3 aromatic rings. The van der Waals surface area contributed by atoms with Crippen molar-refractivity contribution in [1.82, 2.24) is 19.7 Å². The van der Waals surface area contributed by atoms with E-state index in [0.717, 1.165) is 55.4 Å². The summed E-state index contributed by atoms with van der Waals surface area (Å²) in [6.07, 6.45) is 14.4. The van der Waals surface area contributed by atoms with Crippen molar-refractivity contribution in [2.75, 3.05) is 44.9 Å². The van der Waals surface area contributed by atoms with E-state index in [1.807, 2.05) is 28.0 Å². The maximum absolute atomic E-state index is 14.7. The molecule has 8 rings (SSSR count). The van der Waals surface area contributed by atoms with Crippen molar-refractivity contribution in [3.8, 4) is 16.9 Å². The molecule has 2 aromatic heterocycles. The molecule has 4 aliphatic carbocycles. The molecule has 1 aliphatic heterocycles. The molecule has 1 saturated heterocycles. The first-order chi connectivity index (χ1) is 25.4. The van der Waals surface area contributed by atoms with Crippen LogP contribution >= 0.6 is 0 Å². The minimum atomic E-state index is -0.323.